The van der Waals surface area contributed by atoms with E-state index in [-0.39, 0.29) is 6.47 Å². The molecule has 0 radical (unpaired) electrons. The Morgan fingerprint density at radius 1 is 1.44 bits per heavy atom. The Balaban J connectivity index is 2.86. The first-order chi connectivity index (χ1) is 8.54. The summed E-state index contributed by atoms with van der Waals surface area (Å²) in [7, 11) is 2.53. The second-order valence-corrected chi connectivity index (χ2v) is 3.47. The third-order valence-corrected chi connectivity index (χ3v) is 2.36. The van der Waals surface area contributed by atoms with Crippen molar-refractivity contribution in [2.24, 2.45) is 0 Å². The van der Waals surface area contributed by atoms with E-state index in [1.807, 2.05) is 0 Å². The molecule has 0 aromatic rings. The molecule has 8 nitrogen and oxygen atoms in total. The zero-order chi connectivity index (χ0) is 13.7. The van der Waals surface area contributed by atoms with E-state index in [0.717, 1.165) is 0 Å². The normalized spacial score (nSPS) is 28.4. The molecule has 4 atom stereocenters. The first kappa shape index (κ1) is 14.4. The summed E-state index contributed by atoms with van der Waals surface area (Å²) in [6, 6.07) is 0. The standard InChI is InChI=1S/C10H14O8/c1-5(12)17-10(15-3)8-6(16-4-11)7(14-2)9(13)18-8/h4,6-8,10H,1-3H3/t6-,7+,8+,10?/m1/s1. The van der Waals surface area contributed by atoms with Crippen LogP contribution in [0.15, 0.2) is 0 Å². The Hall–Kier alpha value is -1.67. The first-order valence-electron chi connectivity index (χ1n) is 5.07. The quantitative estimate of drug-likeness (QED) is 0.260. The van der Waals surface area contributed by atoms with E-state index in [9.17, 15) is 14.4 Å². The average molecular weight is 262 g/mol. The van der Waals surface area contributed by atoms with Gasteiger partial charge in [0.05, 0.1) is 0 Å². The third kappa shape index (κ3) is 2.96. The van der Waals surface area contributed by atoms with Crippen molar-refractivity contribution in [3.63, 3.8) is 0 Å². The molecule has 8 heteroatoms. The number of hydrogen-bond acceptors (Lipinski definition) is 8. The Labute approximate surface area is 103 Å². The number of hydrogen-bond donors (Lipinski definition) is 0. The number of methoxy groups -OCH3 is 2. The molecule has 1 fully saturated rings. The lowest BCUT2D eigenvalue weighted by Crippen LogP contribution is -2.43. The summed E-state index contributed by atoms with van der Waals surface area (Å²) in [6.07, 6.45) is -4.35. The lowest BCUT2D eigenvalue weighted by molar-refractivity contribution is -0.207. The zero-order valence-electron chi connectivity index (χ0n) is 10.2. The smallest absolute Gasteiger partial charge is 0.339 e. The van der Waals surface area contributed by atoms with Gasteiger partial charge >= 0.3 is 11.9 Å². The SMILES string of the molecule is COC(OC(C)=O)[C@H]1OC(=O)[C@@H](OC)[C@H]1OC=O. The predicted octanol–water partition coefficient (Wildman–Crippen LogP) is -0.996. The van der Waals surface area contributed by atoms with Gasteiger partial charge in [-0.2, -0.15) is 0 Å². The molecule has 0 N–H and O–H groups in total. The number of ether oxygens (including phenoxy) is 5. The van der Waals surface area contributed by atoms with Gasteiger partial charge in [-0.15, -0.1) is 0 Å². The van der Waals surface area contributed by atoms with Crippen LogP contribution in [0.3, 0.4) is 0 Å². The highest BCUT2D eigenvalue weighted by atomic mass is 16.7. The fourth-order valence-electron chi connectivity index (χ4n) is 1.64. The highest BCUT2D eigenvalue weighted by molar-refractivity contribution is 5.78. The molecule has 18 heavy (non-hydrogen) atoms. The van der Waals surface area contributed by atoms with Gasteiger partial charge in [-0.25, -0.2) is 4.79 Å². The monoisotopic (exact) mass is 262 g/mol. The fraction of sp³-hybridized carbons (Fsp3) is 0.700. The number of esters is 2. The molecule has 1 heterocycles. The van der Waals surface area contributed by atoms with Crippen LogP contribution in [0.5, 0.6) is 0 Å². The average Bonchev–Trinajstić information content (AvgIpc) is 2.63. The maximum absolute atomic E-state index is 11.5. The van der Waals surface area contributed by atoms with Crippen molar-refractivity contribution >= 4 is 18.4 Å². The summed E-state index contributed by atoms with van der Waals surface area (Å²) in [5, 5.41) is 0. The summed E-state index contributed by atoms with van der Waals surface area (Å²) in [5.74, 6) is -1.34. The van der Waals surface area contributed by atoms with E-state index in [1.165, 1.54) is 21.1 Å². The lowest BCUT2D eigenvalue weighted by Gasteiger charge is -2.24. The van der Waals surface area contributed by atoms with Crippen molar-refractivity contribution in [1.29, 1.82) is 0 Å². The zero-order valence-corrected chi connectivity index (χ0v) is 10.2. The van der Waals surface area contributed by atoms with Crippen molar-refractivity contribution in [2.75, 3.05) is 14.2 Å². The van der Waals surface area contributed by atoms with Crippen molar-refractivity contribution in [3.8, 4) is 0 Å². The molecule has 0 amide bonds. The number of cyclic esters (lactones) is 1. The topological polar surface area (TPSA) is 97.4 Å². The fourth-order valence-corrected chi connectivity index (χ4v) is 1.64. The van der Waals surface area contributed by atoms with Gasteiger partial charge in [0.15, 0.2) is 12.2 Å². The maximum atomic E-state index is 11.5. The van der Waals surface area contributed by atoms with Crippen molar-refractivity contribution < 1.29 is 38.1 Å². The summed E-state index contributed by atoms with van der Waals surface area (Å²) < 4.78 is 24.2. The Kier molecular flexibility index (Phi) is 5.05. The van der Waals surface area contributed by atoms with E-state index in [1.54, 1.807) is 0 Å². The number of carbonyl (C=O) groups is 3. The van der Waals surface area contributed by atoms with Crippen molar-refractivity contribution in [1.82, 2.24) is 0 Å². The molecule has 0 bridgehead atoms. The summed E-state index contributed by atoms with van der Waals surface area (Å²) in [5.41, 5.74) is 0. The molecule has 102 valence electrons. The van der Waals surface area contributed by atoms with E-state index in [4.69, 9.17) is 23.7 Å². The minimum absolute atomic E-state index is 0.159. The van der Waals surface area contributed by atoms with Gasteiger partial charge in [-0.3, -0.25) is 9.59 Å². The predicted molar refractivity (Wildman–Crippen MR) is 54.2 cm³/mol. The minimum Gasteiger partial charge on any atom is -0.457 e. The molecule has 0 spiro atoms. The lowest BCUT2D eigenvalue weighted by atomic mass is 10.1. The van der Waals surface area contributed by atoms with E-state index < -0.39 is 36.5 Å². The van der Waals surface area contributed by atoms with Gasteiger partial charge in [0, 0.05) is 21.1 Å². The van der Waals surface area contributed by atoms with E-state index >= 15 is 0 Å². The summed E-state index contributed by atoms with van der Waals surface area (Å²) in [6.45, 7) is 1.33. The van der Waals surface area contributed by atoms with Crippen LogP contribution in [0, 0.1) is 0 Å². The molecule has 0 aliphatic carbocycles. The molecule has 0 aromatic carbocycles. The van der Waals surface area contributed by atoms with Crippen LogP contribution >= 0.6 is 0 Å². The largest absolute Gasteiger partial charge is 0.457 e. The molecule has 0 aromatic heterocycles. The highest BCUT2D eigenvalue weighted by Gasteiger charge is 2.52. The van der Waals surface area contributed by atoms with Gasteiger partial charge in [0.25, 0.3) is 6.47 Å². The van der Waals surface area contributed by atoms with Crippen LogP contribution in [0.1, 0.15) is 6.92 Å². The minimum atomic E-state index is -1.17. The Morgan fingerprint density at radius 2 is 2.11 bits per heavy atom. The highest BCUT2D eigenvalue weighted by Crippen LogP contribution is 2.25. The van der Waals surface area contributed by atoms with E-state index in [0.29, 0.717) is 0 Å². The molecule has 1 unspecified atom stereocenters. The molecule has 1 aliphatic heterocycles. The Morgan fingerprint density at radius 3 is 2.56 bits per heavy atom. The molecular formula is C10H14O8. The third-order valence-electron chi connectivity index (χ3n) is 2.36. The summed E-state index contributed by atoms with van der Waals surface area (Å²) >= 11 is 0. The molecular weight excluding hydrogens is 248 g/mol. The van der Waals surface area contributed by atoms with E-state index in [2.05, 4.69) is 0 Å². The number of carbonyl (C=O) groups excluding carboxylic acids is 3. The Bertz CT molecular complexity index is 328. The molecule has 1 aliphatic rings. The van der Waals surface area contributed by atoms with Gasteiger partial charge in [0.1, 0.15) is 0 Å². The van der Waals surface area contributed by atoms with Crippen LogP contribution in [0.4, 0.5) is 0 Å². The van der Waals surface area contributed by atoms with Crippen LogP contribution in [0.25, 0.3) is 0 Å². The molecule has 0 saturated carbocycles. The van der Waals surface area contributed by atoms with Crippen LogP contribution in [-0.4, -0.2) is 57.2 Å². The van der Waals surface area contributed by atoms with Crippen LogP contribution < -0.4 is 0 Å². The van der Waals surface area contributed by atoms with Gasteiger partial charge < -0.3 is 23.7 Å². The van der Waals surface area contributed by atoms with Crippen molar-refractivity contribution in [2.45, 2.75) is 31.5 Å². The van der Waals surface area contributed by atoms with Gasteiger partial charge in [0.2, 0.25) is 12.4 Å². The maximum Gasteiger partial charge on any atom is 0.339 e. The van der Waals surface area contributed by atoms with Gasteiger partial charge in [-0.05, 0) is 0 Å². The second kappa shape index (κ2) is 6.31. The van der Waals surface area contributed by atoms with Crippen molar-refractivity contribution in [3.05, 3.63) is 0 Å². The number of rotatable bonds is 6. The van der Waals surface area contributed by atoms with Crippen LogP contribution in [0.2, 0.25) is 0 Å². The summed E-state index contributed by atoms with van der Waals surface area (Å²) in [4.78, 5) is 32.8. The van der Waals surface area contributed by atoms with Gasteiger partial charge in [-0.1, -0.05) is 0 Å². The molecule has 1 saturated heterocycles. The first-order valence-corrected chi connectivity index (χ1v) is 5.07. The van der Waals surface area contributed by atoms with Crippen LogP contribution in [-0.2, 0) is 38.1 Å². The molecule has 1 rings (SSSR count). The second-order valence-electron chi connectivity index (χ2n) is 3.47.